The first-order chi connectivity index (χ1) is 14.2. The second kappa shape index (κ2) is 9.05. The fourth-order valence-electron chi connectivity index (χ4n) is 2.70. The van der Waals surface area contributed by atoms with Crippen LogP contribution in [0.2, 0.25) is 5.02 Å². The summed E-state index contributed by atoms with van der Waals surface area (Å²) in [5, 5.41) is 12.1. The second-order valence-electron chi connectivity index (χ2n) is 6.19. The molecule has 0 aliphatic heterocycles. The average Bonchev–Trinajstić information content (AvgIpc) is 2.69. The van der Waals surface area contributed by atoms with Crippen LogP contribution in [-0.2, 0) is 0 Å². The van der Waals surface area contributed by atoms with Gasteiger partial charge in [-0.2, -0.15) is 0 Å². The fourth-order valence-corrected chi connectivity index (χ4v) is 2.82. The largest absolute Gasteiger partial charge is 0.673 e. The van der Waals surface area contributed by atoms with Crippen LogP contribution < -0.4 is 10.3 Å². The zero-order valence-electron chi connectivity index (χ0n) is 15.3. The highest BCUT2D eigenvalue weighted by atomic mass is 35.5. The van der Waals surface area contributed by atoms with Gasteiger partial charge in [0.2, 0.25) is 11.0 Å². The smallest absolute Gasteiger partial charge is 0.508 e. The molecule has 0 radical (unpaired) electrons. The van der Waals surface area contributed by atoms with E-state index in [4.69, 9.17) is 16.0 Å². The number of rotatable bonds is 2. The van der Waals surface area contributed by atoms with Crippen LogP contribution in [0.1, 0.15) is 0 Å². The molecule has 154 valence electrons. The van der Waals surface area contributed by atoms with E-state index in [0.29, 0.717) is 5.02 Å². The van der Waals surface area contributed by atoms with E-state index in [1.165, 1.54) is 0 Å². The van der Waals surface area contributed by atoms with Crippen molar-refractivity contribution in [2.75, 3.05) is 0 Å². The monoisotopic (exact) mass is 435 g/mol. The van der Waals surface area contributed by atoms with Crippen LogP contribution >= 0.6 is 11.6 Å². The van der Waals surface area contributed by atoms with Gasteiger partial charge in [-0.3, -0.25) is 0 Å². The van der Waals surface area contributed by atoms with E-state index in [1.807, 2.05) is 66.7 Å². The lowest BCUT2D eigenvalue weighted by Crippen LogP contribution is -2.70. The molecule has 0 amide bonds. The number of nitrogens with one attached hydrogen (secondary N) is 1. The summed E-state index contributed by atoms with van der Waals surface area (Å²) in [6, 6.07) is 24.3. The van der Waals surface area contributed by atoms with Crippen LogP contribution in [0.25, 0.3) is 22.3 Å². The van der Waals surface area contributed by atoms with Crippen molar-refractivity contribution in [1.82, 2.24) is 0 Å². The minimum atomic E-state index is -6.00. The van der Waals surface area contributed by atoms with Crippen LogP contribution in [0, 0.1) is 0 Å². The van der Waals surface area contributed by atoms with Crippen molar-refractivity contribution in [2.24, 2.45) is 0 Å². The molecule has 4 rings (SSSR count). The SMILES string of the molecule is F[B-](F)(F)F.Oc1ccc([NH+]=c2cc(-c3ccc(Cl)cc3)oc3ccccc23)cc1. The van der Waals surface area contributed by atoms with Crippen molar-refractivity contribution in [3.63, 3.8) is 0 Å². The third-order valence-electron chi connectivity index (χ3n) is 3.95. The molecule has 30 heavy (non-hydrogen) atoms. The molecular weight excluding hydrogens is 420 g/mol. The van der Waals surface area contributed by atoms with Gasteiger partial charge in [0.15, 0.2) is 0 Å². The maximum Gasteiger partial charge on any atom is 0.673 e. The molecule has 0 atom stereocenters. The number of hydrogen-bond donors (Lipinski definition) is 2. The van der Waals surface area contributed by atoms with Gasteiger partial charge < -0.3 is 26.8 Å². The Morgan fingerprint density at radius 2 is 1.43 bits per heavy atom. The maximum atomic E-state index is 9.75. The molecule has 2 N–H and O–H groups in total. The van der Waals surface area contributed by atoms with E-state index in [2.05, 4.69) is 4.99 Å². The van der Waals surface area contributed by atoms with Crippen LogP contribution in [0.15, 0.2) is 83.3 Å². The van der Waals surface area contributed by atoms with Crippen LogP contribution in [0.5, 0.6) is 5.75 Å². The Labute approximate surface area is 174 Å². The topological polar surface area (TPSA) is 47.3 Å². The molecule has 0 saturated heterocycles. The molecule has 3 aromatic carbocycles. The maximum absolute atomic E-state index is 9.75. The highest BCUT2D eigenvalue weighted by Gasteiger charge is 2.20. The number of benzene rings is 3. The molecule has 0 aliphatic carbocycles. The lowest BCUT2D eigenvalue weighted by Gasteiger charge is -2.03. The summed E-state index contributed by atoms with van der Waals surface area (Å²) in [4.78, 5) is 3.40. The Morgan fingerprint density at radius 3 is 2.07 bits per heavy atom. The van der Waals surface area contributed by atoms with E-state index >= 15 is 0 Å². The highest BCUT2D eigenvalue weighted by Crippen LogP contribution is 2.23. The average molecular weight is 436 g/mol. The first kappa shape index (κ1) is 21.5. The Kier molecular flexibility index (Phi) is 6.47. The van der Waals surface area contributed by atoms with Crippen molar-refractivity contribution in [3.05, 3.63) is 89.2 Å². The summed E-state index contributed by atoms with van der Waals surface area (Å²) < 4.78 is 45.1. The molecule has 4 aromatic rings. The quantitative estimate of drug-likeness (QED) is 0.262. The van der Waals surface area contributed by atoms with Gasteiger partial charge in [0.25, 0.3) is 0 Å². The molecule has 1 heterocycles. The van der Waals surface area contributed by atoms with E-state index in [1.54, 1.807) is 12.1 Å². The number of phenols is 1. The number of fused-ring (bicyclic) bond motifs is 1. The van der Waals surface area contributed by atoms with Gasteiger partial charge in [-0.1, -0.05) is 23.7 Å². The third kappa shape index (κ3) is 6.12. The molecular formula is C21H15BClF4NO2. The van der Waals surface area contributed by atoms with Gasteiger partial charge in [-0.15, -0.1) is 0 Å². The van der Waals surface area contributed by atoms with Gasteiger partial charge >= 0.3 is 7.25 Å². The van der Waals surface area contributed by atoms with Gasteiger partial charge in [0, 0.05) is 22.7 Å². The summed E-state index contributed by atoms with van der Waals surface area (Å²) in [5.74, 6) is 0.983. The zero-order valence-corrected chi connectivity index (χ0v) is 16.1. The first-order valence-corrected chi connectivity index (χ1v) is 9.12. The normalized spacial score (nSPS) is 11.8. The Hall–Kier alpha value is -3.26. The van der Waals surface area contributed by atoms with Gasteiger partial charge in [0.1, 0.15) is 17.1 Å². The number of halogens is 5. The minimum absolute atomic E-state index is 0.236. The van der Waals surface area contributed by atoms with Crippen molar-refractivity contribution in [2.45, 2.75) is 0 Å². The van der Waals surface area contributed by atoms with E-state index in [-0.39, 0.29) is 5.75 Å². The van der Waals surface area contributed by atoms with E-state index in [9.17, 15) is 22.4 Å². The molecule has 0 bridgehead atoms. The molecule has 0 unspecified atom stereocenters. The summed E-state index contributed by atoms with van der Waals surface area (Å²) in [5.41, 5.74) is 2.62. The Bertz CT molecular complexity index is 1200. The standard InChI is InChI=1S/C21H14ClNO2.BF4/c22-15-7-5-14(6-8-15)21-13-19(18-3-1-2-4-20(18)25-21)23-16-9-11-17(24)12-10-16;2-1(3,4)5/h1-13,24H;/q;-1/p+1. The van der Waals surface area contributed by atoms with Crippen LogP contribution in [-0.4, -0.2) is 12.4 Å². The van der Waals surface area contributed by atoms with Crippen LogP contribution in [0.3, 0.4) is 0 Å². The Morgan fingerprint density at radius 1 is 0.833 bits per heavy atom. The molecule has 3 nitrogen and oxygen atoms in total. The molecule has 0 aliphatic rings. The molecule has 0 fully saturated rings. The predicted molar refractivity (Wildman–Crippen MR) is 109 cm³/mol. The van der Waals surface area contributed by atoms with Crippen molar-refractivity contribution >= 4 is 35.5 Å². The van der Waals surface area contributed by atoms with Crippen molar-refractivity contribution in [3.8, 4) is 17.1 Å². The molecule has 0 spiro atoms. The van der Waals surface area contributed by atoms with E-state index < -0.39 is 7.25 Å². The van der Waals surface area contributed by atoms with Gasteiger partial charge in [-0.05, 0) is 48.5 Å². The number of phenolic OH excluding ortho intramolecular Hbond substituents is 1. The van der Waals surface area contributed by atoms with Crippen LogP contribution in [0.4, 0.5) is 23.0 Å². The molecule has 1 aromatic heterocycles. The van der Waals surface area contributed by atoms with Gasteiger partial charge in [-0.25, -0.2) is 4.99 Å². The summed E-state index contributed by atoms with van der Waals surface area (Å²) >= 11 is 5.98. The van der Waals surface area contributed by atoms with Crippen molar-refractivity contribution < 1.29 is 31.8 Å². The van der Waals surface area contributed by atoms with Gasteiger partial charge in [0.05, 0.1) is 11.5 Å². The summed E-state index contributed by atoms with van der Waals surface area (Å²) in [6.45, 7) is 0. The highest BCUT2D eigenvalue weighted by molar-refractivity contribution is 6.50. The molecule has 9 heteroatoms. The minimum Gasteiger partial charge on any atom is -0.508 e. The van der Waals surface area contributed by atoms with Crippen molar-refractivity contribution in [1.29, 1.82) is 0 Å². The Balaban J connectivity index is 0.000000461. The lowest BCUT2D eigenvalue weighted by molar-refractivity contribution is -0.400. The summed E-state index contributed by atoms with van der Waals surface area (Å²) in [6.07, 6.45) is 0. The van der Waals surface area contributed by atoms with E-state index in [0.717, 1.165) is 33.3 Å². The fraction of sp³-hybridized carbons (Fsp3) is 0. The second-order valence-corrected chi connectivity index (χ2v) is 6.63. The summed E-state index contributed by atoms with van der Waals surface area (Å²) in [7, 11) is -6.00. The predicted octanol–water partition coefficient (Wildman–Crippen LogP) is 5.07. The number of aromatic hydroxyl groups is 1. The third-order valence-corrected chi connectivity index (χ3v) is 4.20. The zero-order chi connectivity index (χ0) is 21.7. The first-order valence-electron chi connectivity index (χ1n) is 8.74. The number of hydrogen-bond acceptors (Lipinski definition) is 2. The number of para-hydroxylation sites is 1. The molecule has 0 saturated carbocycles. The lowest BCUT2D eigenvalue weighted by atomic mass is 10.1.